The molecule has 0 aromatic rings. The molecule has 100 valence electrons. The van der Waals surface area contributed by atoms with Crippen LogP contribution in [0.4, 0.5) is 0 Å². The van der Waals surface area contributed by atoms with Crippen LogP contribution in [0.2, 0.25) is 0 Å². The first-order chi connectivity index (χ1) is 8.15. The van der Waals surface area contributed by atoms with Crippen molar-refractivity contribution >= 4 is 17.7 Å². The van der Waals surface area contributed by atoms with Gasteiger partial charge in [0.2, 0.25) is 5.91 Å². The monoisotopic (exact) mass is 260 g/mol. The van der Waals surface area contributed by atoms with Crippen molar-refractivity contribution in [1.82, 2.24) is 4.90 Å². The molecule has 0 radical (unpaired) electrons. The Labute approximate surface area is 108 Å². The molecule has 0 bridgehead atoms. The Bertz CT molecular complexity index is 233. The van der Waals surface area contributed by atoms with E-state index in [1.807, 2.05) is 13.3 Å². The molecule has 5 heteroatoms. The van der Waals surface area contributed by atoms with Crippen LogP contribution in [0, 0.1) is 0 Å². The predicted molar refractivity (Wildman–Crippen MR) is 72.2 cm³/mol. The van der Waals surface area contributed by atoms with E-state index in [0.717, 1.165) is 31.6 Å². The molecule has 0 aromatic carbocycles. The summed E-state index contributed by atoms with van der Waals surface area (Å²) in [5, 5.41) is 0. The summed E-state index contributed by atoms with van der Waals surface area (Å²) in [6, 6.07) is -0.365. The zero-order valence-electron chi connectivity index (χ0n) is 10.9. The highest BCUT2D eigenvalue weighted by atomic mass is 32.2. The molecule has 0 aliphatic carbocycles. The summed E-state index contributed by atoms with van der Waals surface area (Å²) in [4.78, 5) is 13.7. The fourth-order valence-corrected chi connectivity index (χ4v) is 2.49. The van der Waals surface area contributed by atoms with Gasteiger partial charge in [0.05, 0.1) is 12.1 Å². The Balaban J connectivity index is 2.29. The van der Waals surface area contributed by atoms with Crippen LogP contribution >= 0.6 is 11.8 Å². The molecule has 1 aliphatic rings. The Kier molecular flexibility index (Phi) is 6.92. The number of thioether (sulfide) groups is 1. The molecule has 0 spiro atoms. The predicted octanol–water partition coefficient (Wildman–Crippen LogP) is 1.09. The van der Waals surface area contributed by atoms with Crippen LogP contribution in [0.15, 0.2) is 0 Å². The number of hydrogen-bond donors (Lipinski definition) is 1. The van der Waals surface area contributed by atoms with Crippen LogP contribution in [0.1, 0.15) is 25.7 Å². The van der Waals surface area contributed by atoms with Crippen molar-refractivity contribution < 1.29 is 9.53 Å². The van der Waals surface area contributed by atoms with Crippen molar-refractivity contribution in [1.29, 1.82) is 0 Å². The molecule has 1 aliphatic heterocycles. The second-order valence-electron chi connectivity index (χ2n) is 4.60. The second kappa shape index (κ2) is 7.95. The summed E-state index contributed by atoms with van der Waals surface area (Å²) >= 11 is 1.72. The summed E-state index contributed by atoms with van der Waals surface area (Å²) < 4.78 is 5.62. The maximum absolute atomic E-state index is 12.0. The van der Waals surface area contributed by atoms with Crippen molar-refractivity contribution in [2.24, 2.45) is 5.73 Å². The van der Waals surface area contributed by atoms with Gasteiger partial charge in [-0.25, -0.2) is 0 Å². The lowest BCUT2D eigenvalue weighted by molar-refractivity contribution is -0.133. The number of carbonyl (C=O) groups excluding carboxylic acids is 1. The van der Waals surface area contributed by atoms with Crippen molar-refractivity contribution in [3.05, 3.63) is 0 Å². The van der Waals surface area contributed by atoms with Gasteiger partial charge in [0, 0.05) is 20.2 Å². The fourth-order valence-electron chi connectivity index (χ4n) is 2.00. The van der Waals surface area contributed by atoms with Gasteiger partial charge in [0.25, 0.3) is 0 Å². The largest absolute Gasteiger partial charge is 0.376 e. The molecule has 1 unspecified atom stereocenters. The van der Waals surface area contributed by atoms with Gasteiger partial charge in [-0.3, -0.25) is 4.79 Å². The minimum absolute atomic E-state index is 0.0354. The lowest BCUT2D eigenvalue weighted by atomic mass is 10.1. The maximum atomic E-state index is 12.0. The number of ether oxygens (including phenoxy) is 1. The van der Waals surface area contributed by atoms with Gasteiger partial charge in [0.1, 0.15) is 0 Å². The first-order valence-corrected chi connectivity index (χ1v) is 7.65. The third-order valence-electron chi connectivity index (χ3n) is 3.08. The molecule has 1 heterocycles. The molecule has 0 saturated carbocycles. The van der Waals surface area contributed by atoms with E-state index in [2.05, 4.69) is 0 Å². The molecule has 2 atom stereocenters. The van der Waals surface area contributed by atoms with Gasteiger partial charge in [0.15, 0.2) is 0 Å². The third kappa shape index (κ3) is 5.27. The van der Waals surface area contributed by atoms with E-state index in [9.17, 15) is 4.79 Å². The zero-order chi connectivity index (χ0) is 12.7. The molecular weight excluding hydrogens is 236 g/mol. The van der Waals surface area contributed by atoms with Crippen molar-refractivity contribution in [2.45, 2.75) is 37.8 Å². The minimum atomic E-state index is -0.365. The summed E-state index contributed by atoms with van der Waals surface area (Å²) in [5.41, 5.74) is 5.86. The fraction of sp³-hybridized carbons (Fsp3) is 0.917. The SMILES string of the molecule is CSCC[C@@H](N)C(=O)N(C)CC1CCCCO1. The zero-order valence-corrected chi connectivity index (χ0v) is 11.7. The highest BCUT2D eigenvalue weighted by Crippen LogP contribution is 2.14. The summed E-state index contributed by atoms with van der Waals surface area (Å²) in [6.07, 6.45) is 6.36. The van der Waals surface area contributed by atoms with Crippen LogP contribution in [0.5, 0.6) is 0 Å². The molecule has 1 rings (SSSR count). The molecule has 17 heavy (non-hydrogen) atoms. The minimum Gasteiger partial charge on any atom is -0.376 e. The van der Waals surface area contributed by atoms with Crippen LogP contribution in [0.25, 0.3) is 0 Å². The van der Waals surface area contributed by atoms with Crippen LogP contribution in [0.3, 0.4) is 0 Å². The average molecular weight is 260 g/mol. The first kappa shape index (κ1) is 14.8. The number of amides is 1. The number of rotatable bonds is 6. The number of hydrogen-bond acceptors (Lipinski definition) is 4. The number of nitrogens with zero attached hydrogens (tertiary/aromatic N) is 1. The first-order valence-electron chi connectivity index (χ1n) is 6.26. The molecule has 1 amide bonds. The molecule has 4 nitrogen and oxygen atoms in total. The standard InChI is InChI=1S/C12H24N2O2S/c1-14(9-10-5-3-4-7-16-10)12(15)11(13)6-8-17-2/h10-11H,3-9,13H2,1-2H3/t10?,11-/m1/s1. The van der Waals surface area contributed by atoms with Gasteiger partial charge < -0.3 is 15.4 Å². The van der Waals surface area contributed by atoms with Crippen molar-refractivity contribution in [2.75, 3.05) is 32.2 Å². The number of likely N-dealkylation sites (N-methyl/N-ethyl adjacent to an activating group) is 1. The quantitative estimate of drug-likeness (QED) is 0.777. The van der Waals surface area contributed by atoms with E-state index >= 15 is 0 Å². The summed E-state index contributed by atoms with van der Waals surface area (Å²) in [5.74, 6) is 0.967. The molecular formula is C12H24N2O2S. The Hall–Kier alpha value is -0.260. The van der Waals surface area contributed by atoms with Crippen LogP contribution in [-0.4, -0.2) is 55.2 Å². The summed E-state index contributed by atoms with van der Waals surface area (Å²) in [6.45, 7) is 1.50. The van der Waals surface area contributed by atoms with Crippen molar-refractivity contribution in [3.63, 3.8) is 0 Å². The maximum Gasteiger partial charge on any atom is 0.239 e. The highest BCUT2D eigenvalue weighted by molar-refractivity contribution is 7.98. The topological polar surface area (TPSA) is 55.6 Å². The number of carbonyl (C=O) groups is 1. The molecule has 1 saturated heterocycles. The van der Waals surface area contributed by atoms with E-state index in [4.69, 9.17) is 10.5 Å². The van der Waals surface area contributed by atoms with E-state index in [-0.39, 0.29) is 18.1 Å². The number of nitrogens with two attached hydrogens (primary N) is 1. The van der Waals surface area contributed by atoms with E-state index in [0.29, 0.717) is 6.54 Å². The van der Waals surface area contributed by atoms with Gasteiger partial charge in [-0.1, -0.05) is 0 Å². The summed E-state index contributed by atoms with van der Waals surface area (Å²) in [7, 11) is 1.82. The lowest BCUT2D eigenvalue weighted by Crippen LogP contribution is -2.45. The van der Waals surface area contributed by atoms with Gasteiger partial charge >= 0.3 is 0 Å². The van der Waals surface area contributed by atoms with Crippen LogP contribution in [-0.2, 0) is 9.53 Å². The van der Waals surface area contributed by atoms with Gasteiger partial charge in [-0.15, -0.1) is 0 Å². The Morgan fingerprint density at radius 2 is 2.35 bits per heavy atom. The molecule has 1 fully saturated rings. The third-order valence-corrected chi connectivity index (χ3v) is 3.72. The second-order valence-corrected chi connectivity index (χ2v) is 5.58. The average Bonchev–Trinajstić information content (AvgIpc) is 2.36. The van der Waals surface area contributed by atoms with E-state index < -0.39 is 0 Å². The van der Waals surface area contributed by atoms with Gasteiger partial charge in [-0.2, -0.15) is 11.8 Å². The van der Waals surface area contributed by atoms with E-state index in [1.54, 1.807) is 16.7 Å². The molecule has 0 aromatic heterocycles. The highest BCUT2D eigenvalue weighted by Gasteiger charge is 2.22. The van der Waals surface area contributed by atoms with Crippen LogP contribution < -0.4 is 5.73 Å². The van der Waals surface area contributed by atoms with E-state index in [1.165, 1.54) is 6.42 Å². The Morgan fingerprint density at radius 1 is 1.59 bits per heavy atom. The van der Waals surface area contributed by atoms with Crippen molar-refractivity contribution in [3.8, 4) is 0 Å². The Morgan fingerprint density at radius 3 is 2.94 bits per heavy atom. The normalized spacial score (nSPS) is 22.2. The smallest absolute Gasteiger partial charge is 0.239 e. The van der Waals surface area contributed by atoms with Gasteiger partial charge in [-0.05, 0) is 37.7 Å². The lowest BCUT2D eigenvalue weighted by Gasteiger charge is -2.28. The molecule has 2 N–H and O–H groups in total.